The number of nitrogens with zero attached hydrogens (tertiary/aromatic N) is 1. The van der Waals surface area contributed by atoms with Gasteiger partial charge in [-0.1, -0.05) is 13.8 Å². The maximum absolute atomic E-state index is 11.4. The largest absolute Gasteiger partial charge is 0.329 e. The molecular weight excluding hydrogens is 214 g/mol. The summed E-state index contributed by atoms with van der Waals surface area (Å²) in [5.41, 5.74) is 4.89. The van der Waals surface area contributed by atoms with Gasteiger partial charge in [-0.15, -0.1) is 0 Å². The topological polar surface area (TPSA) is 96.0 Å². The summed E-state index contributed by atoms with van der Waals surface area (Å²) in [6.45, 7) is 5.96. The molecule has 0 radical (unpaired) electrons. The van der Waals surface area contributed by atoms with Crippen molar-refractivity contribution in [2.24, 2.45) is 11.7 Å². The first-order valence-corrected chi connectivity index (χ1v) is 6.48. The van der Waals surface area contributed by atoms with Crippen molar-refractivity contribution in [3.63, 3.8) is 0 Å². The standard InChI is InChI=1S/C9H19N3O2S/c1-8(2)6-9(3,7-11)12-15(13,14)5-4-10/h8,12H,5-7,11H2,1-3H3. The average molecular weight is 233 g/mol. The van der Waals surface area contributed by atoms with Crippen LogP contribution in [0.4, 0.5) is 0 Å². The molecule has 0 heterocycles. The van der Waals surface area contributed by atoms with Crippen molar-refractivity contribution >= 4 is 10.0 Å². The van der Waals surface area contributed by atoms with E-state index in [9.17, 15) is 8.42 Å². The molecule has 5 nitrogen and oxygen atoms in total. The van der Waals surface area contributed by atoms with E-state index in [2.05, 4.69) is 4.72 Å². The fraction of sp³-hybridized carbons (Fsp3) is 0.889. The molecule has 0 aromatic heterocycles. The van der Waals surface area contributed by atoms with E-state index in [4.69, 9.17) is 11.0 Å². The lowest BCUT2D eigenvalue weighted by molar-refractivity contribution is 0.345. The minimum atomic E-state index is -3.54. The zero-order valence-corrected chi connectivity index (χ0v) is 10.3. The van der Waals surface area contributed by atoms with Gasteiger partial charge in [0.15, 0.2) is 5.75 Å². The van der Waals surface area contributed by atoms with E-state index in [1.807, 2.05) is 13.8 Å². The van der Waals surface area contributed by atoms with Gasteiger partial charge in [0.1, 0.15) is 0 Å². The SMILES string of the molecule is CC(C)CC(C)(CN)NS(=O)(=O)CC#N. The second kappa shape index (κ2) is 5.45. The van der Waals surface area contributed by atoms with E-state index >= 15 is 0 Å². The molecule has 88 valence electrons. The van der Waals surface area contributed by atoms with Gasteiger partial charge in [0.2, 0.25) is 10.0 Å². The first-order valence-electron chi connectivity index (χ1n) is 4.83. The maximum atomic E-state index is 11.4. The summed E-state index contributed by atoms with van der Waals surface area (Å²) in [6, 6.07) is 1.62. The molecule has 6 heteroatoms. The second-order valence-electron chi connectivity index (χ2n) is 4.38. The van der Waals surface area contributed by atoms with Gasteiger partial charge in [-0.05, 0) is 19.3 Å². The molecule has 0 saturated heterocycles. The molecule has 0 bridgehead atoms. The summed E-state index contributed by atoms with van der Waals surface area (Å²) in [5, 5.41) is 8.35. The van der Waals surface area contributed by atoms with Gasteiger partial charge in [0.25, 0.3) is 0 Å². The van der Waals surface area contributed by atoms with E-state index in [1.165, 1.54) is 0 Å². The van der Waals surface area contributed by atoms with E-state index in [1.54, 1.807) is 13.0 Å². The number of nitrogens with one attached hydrogen (secondary N) is 1. The van der Waals surface area contributed by atoms with Crippen molar-refractivity contribution in [2.45, 2.75) is 32.7 Å². The normalized spacial score (nSPS) is 16.0. The van der Waals surface area contributed by atoms with Crippen LogP contribution in [0.5, 0.6) is 0 Å². The van der Waals surface area contributed by atoms with E-state index < -0.39 is 21.3 Å². The van der Waals surface area contributed by atoms with Crippen LogP contribution in [0.1, 0.15) is 27.2 Å². The smallest absolute Gasteiger partial charge is 0.225 e. The Hall–Kier alpha value is -0.640. The molecule has 0 spiro atoms. The molecule has 1 atom stereocenters. The van der Waals surface area contributed by atoms with Gasteiger partial charge >= 0.3 is 0 Å². The monoisotopic (exact) mass is 233 g/mol. The molecule has 1 unspecified atom stereocenters. The Balaban J connectivity index is 4.65. The van der Waals surface area contributed by atoms with Crippen LogP contribution in [0, 0.1) is 17.2 Å². The molecule has 0 rings (SSSR count). The number of nitriles is 1. The van der Waals surface area contributed by atoms with Crippen molar-refractivity contribution in [1.29, 1.82) is 5.26 Å². The van der Waals surface area contributed by atoms with Crippen LogP contribution in [-0.2, 0) is 10.0 Å². The molecule has 0 amide bonds. The Morgan fingerprint density at radius 1 is 1.53 bits per heavy atom. The summed E-state index contributed by atoms with van der Waals surface area (Å²) < 4.78 is 25.3. The Kier molecular flexibility index (Phi) is 5.21. The fourth-order valence-electron chi connectivity index (χ4n) is 1.56. The number of hydrogen-bond acceptors (Lipinski definition) is 4. The van der Waals surface area contributed by atoms with Crippen LogP contribution in [0.25, 0.3) is 0 Å². The number of sulfonamides is 1. The number of nitrogens with two attached hydrogens (primary N) is 1. The summed E-state index contributed by atoms with van der Waals surface area (Å²) in [7, 11) is -3.54. The first-order chi connectivity index (χ1) is 6.74. The van der Waals surface area contributed by atoms with Gasteiger partial charge in [0.05, 0.1) is 6.07 Å². The van der Waals surface area contributed by atoms with E-state index in [-0.39, 0.29) is 6.54 Å². The van der Waals surface area contributed by atoms with Crippen LogP contribution in [0.2, 0.25) is 0 Å². The zero-order chi connectivity index (χ0) is 12.1. The third-order valence-corrected chi connectivity index (χ3v) is 3.28. The second-order valence-corrected chi connectivity index (χ2v) is 6.10. The molecule has 0 aliphatic heterocycles. The third-order valence-electron chi connectivity index (χ3n) is 1.97. The van der Waals surface area contributed by atoms with Crippen molar-refractivity contribution in [3.8, 4) is 6.07 Å². The van der Waals surface area contributed by atoms with Gasteiger partial charge in [-0.2, -0.15) is 5.26 Å². The van der Waals surface area contributed by atoms with Crippen LogP contribution in [0.3, 0.4) is 0 Å². The summed E-state index contributed by atoms with van der Waals surface area (Å²) >= 11 is 0. The highest BCUT2D eigenvalue weighted by molar-refractivity contribution is 7.89. The van der Waals surface area contributed by atoms with E-state index in [0.29, 0.717) is 12.3 Å². The lowest BCUT2D eigenvalue weighted by atomic mass is 9.92. The van der Waals surface area contributed by atoms with E-state index in [0.717, 1.165) is 0 Å². The van der Waals surface area contributed by atoms with Crippen molar-refractivity contribution in [1.82, 2.24) is 4.72 Å². The molecule has 3 N–H and O–H groups in total. The van der Waals surface area contributed by atoms with Crippen LogP contribution in [-0.4, -0.2) is 26.3 Å². The summed E-state index contributed by atoms with van der Waals surface area (Å²) in [6.07, 6.45) is 0.647. The molecule has 0 aromatic rings. The molecular formula is C9H19N3O2S. The maximum Gasteiger partial charge on any atom is 0.225 e. The summed E-state index contributed by atoms with van der Waals surface area (Å²) in [5.74, 6) is -0.191. The quantitative estimate of drug-likeness (QED) is 0.684. The van der Waals surface area contributed by atoms with Gasteiger partial charge in [0, 0.05) is 12.1 Å². The van der Waals surface area contributed by atoms with Crippen molar-refractivity contribution in [3.05, 3.63) is 0 Å². The lowest BCUT2D eigenvalue weighted by Crippen LogP contribution is -2.52. The Labute approximate surface area is 91.7 Å². The van der Waals surface area contributed by atoms with Gasteiger partial charge in [-0.25, -0.2) is 13.1 Å². The minimum absolute atomic E-state index is 0.218. The Morgan fingerprint density at radius 3 is 2.40 bits per heavy atom. The van der Waals surface area contributed by atoms with Crippen molar-refractivity contribution < 1.29 is 8.42 Å². The Bertz CT molecular complexity index is 332. The predicted molar refractivity (Wildman–Crippen MR) is 59.4 cm³/mol. The highest BCUT2D eigenvalue weighted by Gasteiger charge is 2.28. The zero-order valence-electron chi connectivity index (χ0n) is 9.45. The highest BCUT2D eigenvalue weighted by atomic mass is 32.2. The fourth-order valence-corrected chi connectivity index (χ4v) is 2.72. The molecule has 15 heavy (non-hydrogen) atoms. The van der Waals surface area contributed by atoms with Crippen molar-refractivity contribution in [2.75, 3.05) is 12.3 Å². The molecule has 0 aromatic carbocycles. The Morgan fingerprint density at radius 2 is 2.07 bits per heavy atom. The molecule has 0 fully saturated rings. The average Bonchev–Trinajstić information content (AvgIpc) is 2.01. The number of rotatable bonds is 6. The highest BCUT2D eigenvalue weighted by Crippen LogP contribution is 2.16. The third kappa shape index (κ3) is 5.72. The van der Waals surface area contributed by atoms with Crippen LogP contribution >= 0.6 is 0 Å². The van der Waals surface area contributed by atoms with Gasteiger partial charge in [-0.3, -0.25) is 0 Å². The first kappa shape index (κ1) is 14.4. The van der Waals surface area contributed by atoms with Crippen LogP contribution < -0.4 is 10.5 Å². The van der Waals surface area contributed by atoms with Crippen LogP contribution in [0.15, 0.2) is 0 Å². The molecule has 0 saturated carbocycles. The predicted octanol–water partition coefficient (Wildman–Crippen LogP) is 0.193. The van der Waals surface area contributed by atoms with Gasteiger partial charge < -0.3 is 5.73 Å². The lowest BCUT2D eigenvalue weighted by Gasteiger charge is -2.30. The molecule has 0 aliphatic rings. The number of hydrogen-bond donors (Lipinski definition) is 2. The minimum Gasteiger partial charge on any atom is -0.329 e. The molecule has 0 aliphatic carbocycles. The summed E-state index contributed by atoms with van der Waals surface area (Å²) in [4.78, 5) is 0.